The topological polar surface area (TPSA) is 96.7 Å². The van der Waals surface area contributed by atoms with Gasteiger partial charge in [0, 0.05) is 38.4 Å². The lowest BCUT2D eigenvalue weighted by Crippen LogP contribution is -2.44. The summed E-state index contributed by atoms with van der Waals surface area (Å²) < 4.78 is 27.5. The second-order valence-corrected chi connectivity index (χ2v) is 9.72. The minimum absolute atomic E-state index is 0.121. The van der Waals surface area contributed by atoms with Crippen LogP contribution in [-0.2, 0) is 10.0 Å². The largest absolute Gasteiger partial charge is 0.392 e. The number of hydrogen-bond acceptors (Lipinski definition) is 6. The molecule has 2 N–H and O–H groups in total. The number of sulfonamides is 1. The van der Waals surface area contributed by atoms with Gasteiger partial charge in [-0.15, -0.1) is 0 Å². The van der Waals surface area contributed by atoms with Gasteiger partial charge in [-0.05, 0) is 60.5 Å². The molecular weight excluding hydrogens is 412 g/mol. The smallest absolute Gasteiger partial charge is 0.251 e. The van der Waals surface area contributed by atoms with E-state index in [2.05, 4.69) is 33.7 Å². The molecule has 1 aliphatic heterocycles. The standard InChI is InChI=1S/C23H30N4O3S/c1-4-22(28)16-25-31(29,30)23(15-24)17(2)18-5-6-20-14-21(8-7-19(20)13-18)27-11-9-26(3)10-12-27/h5-8,13-14,22,25,28H,4,9-12,16H2,1-3H3/b23-17+. The molecule has 1 aliphatic rings. The molecule has 1 fully saturated rings. The summed E-state index contributed by atoms with van der Waals surface area (Å²) in [5.74, 6) is 0. The molecule has 0 bridgehead atoms. The molecule has 166 valence electrons. The van der Waals surface area contributed by atoms with E-state index in [-0.39, 0.29) is 11.4 Å². The van der Waals surface area contributed by atoms with E-state index in [0.717, 1.165) is 37.0 Å². The molecule has 1 saturated heterocycles. The fourth-order valence-electron chi connectivity index (χ4n) is 3.63. The van der Waals surface area contributed by atoms with Crippen LogP contribution in [0, 0.1) is 11.3 Å². The summed E-state index contributed by atoms with van der Waals surface area (Å²) in [6.45, 7) is 7.33. The number of rotatable bonds is 7. The average Bonchev–Trinajstić information content (AvgIpc) is 2.77. The summed E-state index contributed by atoms with van der Waals surface area (Å²) >= 11 is 0. The number of nitriles is 1. The summed E-state index contributed by atoms with van der Waals surface area (Å²) in [6.07, 6.45) is -0.362. The van der Waals surface area contributed by atoms with E-state index in [4.69, 9.17) is 0 Å². The van der Waals surface area contributed by atoms with Gasteiger partial charge in [-0.3, -0.25) is 0 Å². The maximum absolute atomic E-state index is 12.6. The number of piperazine rings is 1. The van der Waals surface area contributed by atoms with Crippen molar-refractivity contribution in [2.45, 2.75) is 26.4 Å². The zero-order valence-corrected chi connectivity index (χ0v) is 19.1. The Balaban J connectivity index is 1.89. The summed E-state index contributed by atoms with van der Waals surface area (Å²) in [6, 6.07) is 13.8. The molecule has 0 saturated carbocycles. The molecule has 0 spiro atoms. The number of hydrogen-bond donors (Lipinski definition) is 2. The lowest BCUT2D eigenvalue weighted by molar-refractivity contribution is 0.174. The lowest BCUT2D eigenvalue weighted by atomic mass is 10.0. The molecule has 0 radical (unpaired) electrons. The Morgan fingerprint density at radius 3 is 2.45 bits per heavy atom. The zero-order valence-electron chi connectivity index (χ0n) is 18.3. The van der Waals surface area contributed by atoms with Crippen LogP contribution in [0.4, 0.5) is 5.69 Å². The molecule has 1 unspecified atom stereocenters. The van der Waals surface area contributed by atoms with Crippen molar-refractivity contribution < 1.29 is 13.5 Å². The predicted molar refractivity (Wildman–Crippen MR) is 125 cm³/mol. The number of anilines is 1. The van der Waals surface area contributed by atoms with Crippen LogP contribution in [0.15, 0.2) is 41.3 Å². The normalized spacial score (nSPS) is 17.3. The van der Waals surface area contributed by atoms with E-state index in [1.165, 1.54) is 5.69 Å². The van der Waals surface area contributed by atoms with Gasteiger partial charge in [0.25, 0.3) is 10.0 Å². The van der Waals surface area contributed by atoms with Gasteiger partial charge in [-0.2, -0.15) is 5.26 Å². The number of allylic oxidation sites excluding steroid dienone is 2. The molecule has 8 heteroatoms. The minimum atomic E-state index is -4.01. The highest BCUT2D eigenvalue weighted by atomic mass is 32.2. The van der Waals surface area contributed by atoms with Crippen molar-refractivity contribution in [3.8, 4) is 6.07 Å². The quantitative estimate of drug-likeness (QED) is 0.640. The van der Waals surface area contributed by atoms with Crippen molar-refractivity contribution in [3.63, 3.8) is 0 Å². The van der Waals surface area contributed by atoms with Crippen LogP contribution >= 0.6 is 0 Å². The van der Waals surface area contributed by atoms with E-state index in [0.29, 0.717) is 17.6 Å². The molecule has 2 aromatic rings. The van der Waals surface area contributed by atoms with Gasteiger partial charge < -0.3 is 14.9 Å². The molecule has 2 aromatic carbocycles. The van der Waals surface area contributed by atoms with Crippen molar-refractivity contribution >= 4 is 32.1 Å². The Hall–Kier alpha value is -2.44. The third kappa shape index (κ3) is 5.43. The van der Waals surface area contributed by atoms with E-state index in [1.807, 2.05) is 30.3 Å². The molecule has 1 heterocycles. The van der Waals surface area contributed by atoms with E-state index in [9.17, 15) is 18.8 Å². The third-order valence-electron chi connectivity index (χ3n) is 5.82. The maximum Gasteiger partial charge on any atom is 0.251 e. The average molecular weight is 443 g/mol. The van der Waals surface area contributed by atoms with Crippen molar-refractivity contribution in [2.75, 3.05) is 44.7 Å². The van der Waals surface area contributed by atoms with Gasteiger partial charge >= 0.3 is 0 Å². The van der Waals surface area contributed by atoms with Crippen LogP contribution in [-0.4, -0.2) is 64.3 Å². The van der Waals surface area contributed by atoms with Gasteiger partial charge in [0.05, 0.1) is 6.10 Å². The molecule has 0 amide bonds. The number of likely N-dealkylation sites (N-methyl/N-ethyl adjacent to an activating group) is 1. The fraction of sp³-hybridized carbons (Fsp3) is 0.435. The Labute approximate surface area is 184 Å². The van der Waals surface area contributed by atoms with Crippen molar-refractivity contribution in [1.29, 1.82) is 5.26 Å². The van der Waals surface area contributed by atoms with Gasteiger partial charge in [0.2, 0.25) is 0 Å². The SMILES string of the molecule is CCC(O)CNS(=O)(=O)/C(C#N)=C(\C)c1ccc2cc(N3CCN(C)CC3)ccc2c1. The molecule has 7 nitrogen and oxygen atoms in total. The number of nitrogens with zero attached hydrogens (tertiary/aromatic N) is 3. The third-order valence-corrected chi connectivity index (χ3v) is 7.30. The number of aliphatic hydroxyl groups excluding tert-OH is 1. The number of benzene rings is 2. The first-order valence-corrected chi connectivity index (χ1v) is 12.0. The summed E-state index contributed by atoms with van der Waals surface area (Å²) in [7, 11) is -1.87. The summed E-state index contributed by atoms with van der Waals surface area (Å²) in [5.41, 5.74) is 2.24. The van der Waals surface area contributed by atoms with Gasteiger partial charge in [-0.25, -0.2) is 13.1 Å². The van der Waals surface area contributed by atoms with E-state index < -0.39 is 16.1 Å². The van der Waals surface area contributed by atoms with Gasteiger partial charge in [0.15, 0.2) is 4.91 Å². The van der Waals surface area contributed by atoms with Gasteiger partial charge in [-0.1, -0.05) is 25.1 Å². The highest BCUT2D eigenvalue weighted by molar-refractivity contribution is 7.93. The monoisotopic (exact) mass is 442 g/mol. The molecule has 0 aliphatic carbocycles. The van der Waals surface area contributed by atoms with Gasteiger partial charge in [0.1, 0.15) is 6.07 Å². The Morgan fingerprint density at radius 2 is 1.81 bits per heavy atom. The Bertz CT molecular complexity index is 1110. The van der Waals surface area contributed by atoms with Crippen LogP contribution in [0.1, 0.15) is 25.8 Å². The Morgan fingerprint density at radius 1 is 1.16 bits per heavy atom. The number of aliphatic hydroxyl groups is 1. The second-order valence-electron chi connectivity index (χ2n) is 8.02. The highest BCUT2D eigenvalue weighted by Gasteiger charge is 2.22. The highest BCUT2D eigenvalue weighted by Crippen LogP contribution is 2.28. The van der Waals surface area contributed by atoms with Crippen LogP contribution in [0.2, 0.25) is 0 Å². The molecule has 1 atom stereocenters. The van der Waals surface area contributed by atoms with E-state index in [1.54, 1.807) is 13.8 Å². The van der Waals surface area contributed by atoms with Crippen LogP contribution in [0.25, 0.3) is 16.3 Å². The lowest BCUT2D eigenvalue weighted by Gasteiger charge is -2.34. The van der Waals surface area contributed by atoms with Crippen molar-refractivity contribution in [1.82, 2.24) is 9.62 Å². The maximum atomic E-state index is 12.6. The first-order chi connectivity index (χ1) is 14.7. The zero-order chi connectivity index (χ0) is 22.6. The molecule has 31 heavy (non-hydrogen) atoms. The van der Waals surface area contributed by atoms with Crippen LogP contribution in [0.3, 0.4) is 0 Å². The first-order valence-electron chi connectivity index (χ1n) is 10.5. The Kier molecular flexibility index (Phi) is 7.34. The van der Waals surface area contributed by atoms with Crippen molar-refractivity contribution in [3.05, 3.63) is 46.9 Å². The fourth-order valence-corrected chi connectivity index (χ4v) is 4.82. The second kappa shape index (κ2) is 9.79. The predicted octanol–water partition coefficient (Wildman–Crippen LogP) is 2.54. The minimum Gasteiger partial charge on any atom is -0.392 e. The first kappa shape index (κ1) is 23.2. The number of fused-ring (bicyclic) bond motifs is 1. The summed E-state index contributed by atoms with van der Waals surface area (Å²) in [4.78, 5) is 4.36. The molecule has 0 aromatic heterocycles. The van der Waals surface area contributed by atoms with Crippen LogP contribution < -0.4 is 9.62 Å². The van der Waals surface area contributed by atoms with E-state index >= 15 is 0 Å². The summed E-state index contributed by atoms with van der Waals surface area (Å²) in [5, 5.41) is 21.2. The van der Waals surface area contributed by atoms with Crippen LogP contribution in [0.5, 0.6) is 0 Å². The number of nitrogens with one attached hydrogen (secondary N) is 1. The van der Waals surface area contributed by atoms with Crippen molar-refractivity contribution in [2.24, 2.45) is 0 Å². The molecule has 3 rings (SSSR count). The molecular formula is C23H30N4O3S.